The highest BCUT2D eigenvalue weighted by atomic mass is 16.6. The number of para-hydroxylation sites is 2. The summed E-state index contributed by atoms with van der Waals surface area (Å²) >= 11 is 0. The van der Waals surface area contributed by atoms with E-state index in [0.717, 1.165) is 61.3 Å². The lowest BCUT2D eigenvalue weighted by Crippen LogP contribution is -2.40. The highest BCUT2D eigenvalue weighted by Gasteiger charge is 2.33. The quantitative estimate of drug-likeness (QED) is 0.249. The zero-order valence-corrected chi connectivity index (χ0v) is 26.6. The van der Waals surface area contributed by atoms with Crippen molar-refractivity contribution in [3.63, 3.8) is 0 Å². The van der Waals surface area contributed by atoms with Crippen molar-refractivity contribution in [1.82, 2.24) is 20.0 Å². The van der Waals surface area contributed by atoms with Crippen LogP contribution in [0.25, 0.3) is 0 Å². The molecule has 3 amide bonds. The fourth-order valence-electron chi connectivity index (χ4n) is 6.85. The average Bonchev–Trinajstić information content (AvgIpc) is 3.33. The molecule has 0 bridgehead atoms. The maximum absolute atomic E-state index is 13.8. The third-order valence-electron chi connectivity index (χ3n) is 9.70. The SMILES string of the molecule is Cn1ncc2c1Nc1ccccc1N(C(=O)C1CCC(CNC(=O)CC3CCN(C(=O)OCc4ccc([N+](=O)[O-])cc4)CC3)CC1)C2. The van der Waals surface area contributed by atoms with E-state index in [9.17, 15) is 24.5 Å². The van der Waals surface area contributed by atoms with E-state index in [1.54, 1.807) is 21.7 Å². The van der Waals surface area contributed by atoms with Crippen molar-refractivity contribution in [2.45, 2.75) is 58.1 Å². The van der Waals surface area contributed by atoms with Crippen molar-refractivity contribution in [3.05, 3.63) is 76.0 Å². The summed E-state index contributed by atoms with van der Waals surface area (Å²) in [6.07, 6.45) is 6.65. The van der Waals surface area contributed by atoms with Crippen LogP contribution in [0.5, 0.6) is 0 Å². The van der Waals surface area contributed by atoms with Gasteiger partial charge in [0, 0.05) is 56.7 Å². The molecule has 3 aromatic rings. The third kappa shape index (κ3) is 7.55. The Bertz CT molecular complexity index is 1610. The highest BCUT2D eigenvalue weighted by molar-refractivity contribution is 5.99. The molecule has 3 aliphatic rings. The number of nitrogens with one attached hydrogen (secondary N) is 2. The molecular weight excluding hydrogens is 602 g/mol. The number of piperidine rings is 1. The first-order valence-electron chi connectivity index (χ1n) is 16.3. The van der Waals surface area contributed by atoms with Gasteiger partial charge in [0.2, 0.25) is 11.8 Å². The number of aromatic nitrogens is 2. The molecular formula is C34H41N7O6. The van der Waals surface area contributed by atoms with Gasteiger partial charge in [-0.3, -0.25) is 24.4 Å². The topological polar surface area (TPSA) is 152 Å². The van der Waals surface area contributed by atoms with E-state index in [1.807, 2.05) is 42.4 Å². The molecule has 248 valence electrons. The van der Waals surface area contributed by atoms with E-state index in [1.165, 1.54) is 12.1 Å². The normalized spacial score (nSPS) is 19.5. The average molecular weight is 644 g/mol. The van der Waals surface area contributed by atoms with Crippen LogP contribution in [0.4, 0.5) is 27.7 Å². The van der Waals surface area contributed by atoms with Crippen LogP contribution in [-0.2, 0) is 34.5 Å². The highest BCUT2D eigenvalue weighted by Crippen LogP contribution is 2.38. The van der Waals surface area contributed by atoms with Gasteiger partial charge in [0.05, 0.1) is 29.0 Å². The van der Waals surface area contributed by atoms with Gasteiger partial charge in [-0.25, -0.2) is 4.79 Å². The van der Waals surface area contributed by atoms with Gasteiger partial charge in [0.25, 0.3) is 5.69 Å². The second kappa shape index (κ2) is 14.2. The Balaban J connectivity index is 0.902. The largest absolute Gasteiger partial charge is 0.445 e. The number of carbonyl (C=O) groups is 3. The third-order valence-corrected chi connectivity index (χ3v) is 9.70. The number of nitro benzene ring substituents is 1. The van der Waals surface area contributed by atoms with Gasteiger partial charge < -0.3 is 25.2 Å². The van der Waals surface area contributed by atoms with Crippen molar-refractivity contribution in [2.24, 2.45) is 24.8 Å². The second-order valence-corrected chi connectivity index (χ2v) is 12.8. The van der Waals surface area contributed by atoms with Crippen LogP contribution < -0.4 is 15.5 Å². The Morgan fingerprint density at radius 3 is 2.45 bits per heavy atom. The van der Waals surface area contributed by atoms with E-state index >= 15 is 0 Å². The van der Waals surface area contributed by atoms with Crippen molar-refractivity contribution in [3.8, 4) is 0 Å². The lowest BCUT2D eigenvalue weighted by atomic mass is 9.81. The summed E-state index contributed by atoms with van der Waals surface area (Å²) in [5, 5.41) is 21.8. The van der Waals surface area contributed by atoms with E-state index in [2.05, 4.69) is 15.7 Å². The van der Waals surface area contributed by atoms with Gasteiger partial charge in [0.15, 0.2) is 0 Å². The number of likely N-dealkylation sites (tertiary alicyclic amines) is 1. The van der Waals surface area contributed by atoms with Crippen molar-refractivity contribution >= 4 is 40.8 Å². The number of benzene rings is 2. The molecule has 1 aromatic heterocycles. The van der Waals surface area contributed by atoms with Gasteiger partial charge in [-0.05, 0) is 80.2 Å². The van der Waals surface area contributed by atoms with Crippen LogP contribution in [-0.4, -0.2) is 57.1 Å². The summed E-state index contributed by atoms with van der Waals surface area (Å²) < 4.78 is 7.19. The molecule has 1 aliphatic carbocycles. The molecule has 1 saturated heterocycles. The summed E-state index contributed by atoms with van der Waals surface area (Å²) in [6, 6.07) is 13.8. The van der Waals surface area contributed by atoms with Crippen LogP contribution in [0.15, 0.2) is 54.7 Å². The van der Waals surface area contributed by atoms with Crippen molar-refractivity contribution in [1.29, 1.82) is 0 Å². The number of ether oxygens (including phenoxy) is 1. The van der Waals surface area contributed by atoms with Crippen LogP contribution >= 0.6 is 0 Å². The standard InChI is InChI=1S/C34H41N7O6/c1-38-32-27(20-36-38)21-40(30-5-3-2-4-29(30)37-32)33(43)26-10-6-24(7-11-26)19-35-31(42)18-23-14-16-39(17-15-23)34(44)47-22-25-8-12-28(13-9-25)41(45)46/h2-5,8-9,12-13,20,23-24,26,37H,6-7,10-11,14-19,21-22H2,1H3,(H,35,42). The molecule has 6 rings (SSSR count). The molecule has 0 spiro atoms. The lowest BCUT2D eigenvalue weighted by Gasteiger charge is -2.32. The summed E-state index contributed by atoms with van der Waals surface area (Å²) in [7, 11) is 1.89. The van der Waals surface area contributed by atoms with Crippen LogP contribution in [0.2, 0.25) is 0 Å². The predicted octanol–water partition coefficient (Wildman–Crippen LogP) is 5.28. The molecule has 2 fully saturated rings. The fraction of sp³-hybridized carbons (Fsp3) is 0.471. The molecule has 2 aromatic carbocycles. The van der Waals surface area contributed by atoms with Gasteiger partial charge >= 0.3 is 6.09 Å². The number of aryl methyl sites for hydroxylation is 1. The van der Waals surface area contributed by atoms with Gasteiger partial charge in [-0.2, -0.15) is 5.10 Å². The smallest absolute Gasteiger partial charge is 0.410 e. The molecule has 13 heteroatoms. The van der Waals surface area contributed by atoms with E-state index < -0.39 is 11.0 Å². The first kappa shape index (κ1) is 32.0. The number of amides is 3. The molecule has 13 nitrogen and oxygen atoms in total. The molecule has 1 saturated carbocycles. The van der Waals surface area contributed by atoms with E-state index in [0.29, 0.717) is 44.1 Å². The molecule has 2 N–H and O–H groups in total. The molecule has 0 atom stereocenters. The summed E-state index contributed by atoms with van der Waals surface area (Å²) in [5.41, 5.74) is 3.43. The van der Waals surface area contributed by atoms with Gasteiger partial charge in [-0.15, -0.1) is 0 Å². The maximum atomic E-state index is 13.8. The Morgan fingerprint density at radius 2 is 1.72 bits per heavy atom. The maximum Gasteiger partial charge on any atom is 0.410 e. The molecule has 0 unspecified atom stereocenters. The lowest BCUT2D eigenvalue weighted by molar-refractivity contribution is -0.384. The second-order valence-electron chi connectivity index (χ2n) is 12.8. The summed E-state index contributed by atoms with van der Waals surface area (Å²) in [6.45, 7) is 2.18. The number of hydrogen-bond donors (Lipinski definition) is 2. The number of carbonyl (C=O) groups excluding carboxylic acids is 3. The minimum Gasteiger partial charge on any atom is -0.445 e. The first-order chi connectivity index (χ1) is 22.7. The summed E-state index contributed by atoms with van der Waals surface area (Å²) in [4.78, 5) is 53.0. The number of nitro groups is 1. The zero-order valence-electron chi connectivity index (χ0n) is 26.6. The van der Waals surface area contributed by atoms with Crippen molar-refractivity contribution < 1.29 is 24.0 Å². The summed E-state index contributed by atoms with van der Waals surface area (Å²) in [5.74, 6) is 1.56. The number of hydrogen-bond acceptors (Lipinski definition) is 8. The van der Waals surface area contributed by atoms with Crippen LogP contribution in [0.1, 0.15) is 56.1 Å². The first-order valence-corrected chi connectivity index (χ1v) is 16.3. The Morgan fingerprint density at radius 1 is 1.00 bits per heavy atom. The molecule has 3 heterocycles. The number of rotatable bonds is 8. The number of fused-ring (bicyclic) bond motifs is 2. The van der Waals surface area contributed by atoms with Gasteiger partial charge in [0.1, 0.15) is 12.4 Å². The molecule has 0 radical (unpaired) electrons. The molecule has 47 heavy (non-hydrogen) atoms. The zero-order chi connectivity index (χ0) is 32.9. The Hall–Kier alpha value is -4.94. The van der Waals surface area contributed by atoms with Crippen molar-refractivity contribution in [2.75, 3.05) is 29.9 Å². The Labute approximate surface area is 273 Å². The fourth-order valence-corrected chi connectivity index (χ4v) is 6.85. The van der Waals surface area contributed by atoms with Crippen LogP contribution in [0.3, 0.4) is 0 Å². The minimum atomic E-state index is -0.470. The number of anilines is 3. The van der Waals surface area contributed by atoms with Crippen LogP contribution in [0, 0.1) is 27.9 Å². The number of nitrogens with zero attached hydrogens (tertiary/aromatic N) is 5. The van der Waals surface area contributed by atoms with E-state index in [4.69, 9.17) is 4.74 Å². The predicted molar refractivity (Wildman–Crippen MR) is 175 cm³/mol. The molecule has 2 aliphatic heterocycles. The van der Waals surface area contributed by atoms with Gasteiger partial charge in [-0.1, -0.05) is 12.1 Å². The van der Waals surface area contributed by atoms with E-state index in [-0.39, 0.29) is 35.9 Å². The Kier molecular flexibility index (Phi) is 9.69. The minimum absolute atomic E-state index is 0.0104. The monoisotopic (exact) mass is 643 g/mol. The number of non-ortho nitro benzene ring substituents is 1.